The van der Waals surface area contributed by atoms with Crippen molar-refractivity contribution in [1.29, 1.82) is 0 Å². The van der Waals surface area contributed by atoms with Crippen LogP contribution in [0.4, 0.5) is 14.9 Å². The number of carbonyl (C=O) groups excluding carboxylic acids is 2. The lowest BCUT2D eigenvalue weighted by Crippen LogP contribution is -2.45. The molecule has 0 bridgehead atoms. The van der Waals surface area contributed by atoms with Gasteiger partial charge in [-0.25, -0.2) is 9.18 Å². The Morgan fingerprint density at radius 1 is 1.39 bits per heavy atom. The van der Waals surface area contributed by atoms with Gasteiger partial charge in [0.15, 0.2) is 0 Å². The van der Waals surface area contributed by atoms with Crippen molar-refractivity contribution in [3.05, 3.63) is 30.1 Å². The van der Waals surface area contributed by atoms with Gasteiger partial charge in [0.2, 0.25) is 0 Å². The zero-order chi connectivity index (χ0) is 13.1. The summed E-state index contributed by atoms with van der Waals surface area (Å²) in [5, 5.41) is 2.68. The molecule has 18 heavy (non-hydrogen) atoms. The monoisotopic (exact) mass is 250 g/mol. The van der Waals surface area contributed by atoms with Crippen LogP contribution in [-0.4, -0.2) is 29.8 Å². The average Bonchev–Trinajstić information content (AvgIpc) is 2.35. The van der Waals surface area contributed by atoms with E-state index in [1.807, 2.05) is 6.92 Å². The summed E-state index contributed by atoms with van der Waals surface area (Å²) in [6, 6.07) is 5.34. The third-order valence-corrected chi connectivity index (χ3v) is 3.05. The third-order valence-electron chi connectivity index (χ3n) is 3.05. The van der Waals surface area contributed by atoms with Crippen LogP contribution in [0, 0.1) is 11.7 Å². The highest BCUT2D eigenvalue weighted by Gasteiger charge is 2.26. The number of benzene rings is 1. The second kappa shape index (κ2) is 5.16. The zero-order valence-electron chi connectivity index (χ0n) is 10.1. The fourth-order valence-electron chi connectivity index (χ4n) is 1.94. The van der Waals surface area contributed by atoms with Gasteiger partial charge in [0.05, 0.1) is 0 Å². The molecule has 0 saturated carbocycles. The van der Waals surface area contributed by atoms with Gasteiger partial charge in [0, 0.05) is 31.1 Å². The van der Waals surface area contributed by atoms with Gasteiger partial charge in [-0.2, -0.15) is 0 Å². The van der Waals surface area contributed by atoms with Crippen molar-refractivity contribution in [3.63, 3.8) is 0 Å². The largest absolute Gasteiger partial charge is 0.323 e. The van der Waals surface area contributed by atoms with Crippen LogP contribution in [0.15, 0.2) is 24.3 Å². The SMILES string of the molecule is CC1CN(C(=O)Nc2ccc(F)cc2)CCC1=O. The van der Waals surface area contributed by atoms with E-state index in [1.54, 1.807) is 4.90 Å². The van der Waals surface area contributed by atoms with Gasteiger partial charge in [-0.15, -0.1) is 0 Å². The van der Waals surface area contributed by atoms with Crippen LogP contribution in [0.1, 0.15) is 13.3 Å². The molecule has 1 unspecified atom stereocenters. The first-order chi connectivity index (χ1) is 8.56. The van der Waals surface area contributed by atoms with Crippen LogP contribution < -0.4 is 5.32 Å². The molecule has 2 rings (SSSR count). The lowest BCUT2D eigenvalue weighted by molar-refractivity contribution is -0.124. The molecule has 1 aromatic rings. The number of piperidine rings is 1. The normalized spacial score (nSPS) is 19.8. The molecule has 1 atom stereocenters. The lowest BCUT2D eigenvalue weighted by Gasteiger charge is -2.30. The Balaban J connectivity index is 1.96. The quantitative estimate of drug-likeness (QED) is 0.831. The summed E-state index contributed by atoms with van der Waals surface area (Å²) in [6.45, 7) is 2.70. The minimum Gasteiger partial charge on any atom is -0.323 e. The Bertz CT molecular complexity index is 459. The molecule has 1 aliphatic heterocycles. The predicted molar refractivity (Wildman–Crippen MR) is 65.8 cm³/mol. The van der Waals surface area contributed by atoms with Crippen molar-refractivity contribution in [3.8, 4) is 0 Å². The number of Topliss-reactive ketones (excluding diaryl/α,β-unsaturated/α-hetero) is 1. The second-order valence-electron chi connectivity index (χ2n) is 4.50. The number of anilines is 1. The topological polar surface area (TPSA) is 49.4 Å². The number of halogens is 1. The molecule has 2 amide bonds. The summed E-state index contributed by atoms with van der Waals surface area (Å²) in [7, 11) is 0. The van der Waals surface area contributed by atoms with Gasteiger partial charge in [0.1, 0.15) is 11.6 Å². The Morgan fingerprint density at radius 3 is 2.67 bits per heavy atom. The zero-order valence-corrected chi connectivity index (χ0v) is 10.1. The van der Waals surface area contributed by atoms with Gasteiger partial charge in [0.25, 0.3) is 0 Å². The maximum atomic E-state index is 12.7. The van der Waals surface area contributed by atoms with E-state index >= 15 is 0 Å². The summed E-state index contributed by atoms with van der Waals surface area (Å²) in [5.74, 6) is -0.260. The fraction of sp³-hybridized carbons (Fsp3) is 0.385. The van der Waals surface area contributed by atoms with Crippen LogP contribution in [-0.2, 0) is 4.79 Å². The first-order valence-corrected chi connectivity index (χ1v) is 5.90. The minimum atomic E-state index is -0.342. The van der Waals surface area contributed by atoms with Crippen LogP contribution in [0.5, 0.6) is 0 Å². The molecule has 1 saturated heterocycles. The highest BCUT2D eigenvalue weighted by atomic mass is 19.1. The first-order valence-electron chi connectivity index (χ1n) is 5.90. The number of amides is 2. The molecule has 0 radical (unpaired) electrons. The third kappa shape index (κ3) is 2.85. The smallest absolute Gasteiger partial charge is 0.321 e. The van der Waals surface area contributed by atoms with Crippen molar-refractivity contribution < 1.29 is 14.0 Å². The van der Waals surface area contributed by atoms with Crippen molar-refractivity contribution >= 4 is 17.5 Å². The fourth-order valence-corrected chi connectivity index (χ4v) is 1.94. The van der Waals surface area contributed by atoms with E-state index in [1.165, 1.54) is 24.3 Å². The number of urea groups is 1. The van der Waals surface area contributed by atoms with Crippen molar-refractivity contribution in [1.82, 2.24) is 4.90 Å². The average molecular weight is 250 g/mol. The highest BCUT2D eigenvalue weighted by Crippen LogP contribution is 2.15. The van der Waals surface area contributed by atoms with E-state index in [2.05, 4.69) is 5.32 Å². The summed E-state index contributed by atoms with van der Waals surface area (Å²) >= 11 is 0. The number of ketones is 1. The van der Waals surface area contributed by atoms with E-state index in [0.29, 0.717) is 25.2 Å². The second-order valence-corrected chi connectivity index (χ2v) is 4.50. The Morgan fingerprint density at radius 2 is 2.06 bits per heavy atom. The van der Waals surface area contributed by atoms with Gasteiger partial charge in [-0.1, -0.05) is 6.92 Å². The minimum absolute atomic E-state index is 0.113. The van der Waals surface area contributed by atoms with Gasteiger partial charge in [-0.3, -0.25) is 4.79 Å². The van der Waals surface area contributed by atoms with E-state index in [9.17, 15) is 14.0 Å². The van der Waals surface area contributed by atoms with Crippen molar-refractivity contribution in [2.75, 3.05) is 18.4 Å². The van der Waals surface area contributed by atoms with Crippen LogP contribution in [0.2, 0.25) is 0 Å². The van der Waals surface area contributed by atoms with Gasteiger partial charge in [-0.05, 0) is 24.3 Å². The number of nitrogens with zero attached hydrogens (tertiary/aromatic N) is 1. The number of hydrogen-bond donors (Lipinski definition) is 1. The predicted octanol–water partition coefficient (Wildman–Crippen LogP) is 2.27. The summed E-state index contributed by atoms with van der Waals surface area (Å²) in [6.07, 6.45) is 0.401. The molecular weight excluding hydrogens is 235 g/mol. The molecule has 1 aliphatic rings. The number of nitrogens with one attached hydrogen (secondary N) is 1. The lowest BCUT2D eigenvalue weighted by atomic mass is 9.99. The molecule has 1 fully saturated rings. The highest BCUT2D eigenvalue weighted by molar-refractivity contribution is 5.91. The molecule has 1 heterocycles. The Labute approximate surface area is 105 Å². The summed E-state index contributed by atoms with van der Waals surface area (Å²) in [4.78, 5) is 24.9. The summed E-state index contributed by atoms with van der Waals surface area (Å²) in [5.41, 5.74) is 0.547. The number of likely N-dealkylation sites (tertiary alicyclic amines) is 1. The first kappa shape index (κ1) is 12.5. The van der Waals surface area contributed by atoms with Crippen LogP contribution in [0.3, 0.4) is 0 Å². The standard InChI is InChI=1S/C13H15FN2O2/c1-9-8-16(7-6-12(9)17)13(18)15-11-4-2-10(14)3-5-11/h2-5,9H,6-8H2,1H3,(H,15,18). The molecule has 1 aromatic carbocycles. The number of carbonyl (C=O) groups is 2. The Kier molecular flexibility index (Phi) is 3.60. The Hall–Kier alpha value is -1.91. The van der Waals surface area contributed by atoms with E-state index in [-0.39, 0.29) is 23.5 Å². The molecule has 0 aliphatic carbocycles. The van der Waals surface area contributed by atoms with Gasteiger partial charge >= 0.3 is 6.03 Å². The van der Waals surface area contributed by atoms with E-state index in [0.717, 1.165) is 0 Å². The van der Waals surface area contributed by atoms with E-state index in [4.69, 9.17) is 0 Å². The van der Waals surface area contributed by atoms with Crippen molar-refractivity contribution in [2.45, 2.75) is 13.3 Å². The number of hydrogen-bond acceptors (Lipinski definition) is 2. The van der Waals surface area contributed by atoms with Crippen LogP contribution >= 0.6 is 0 Å². The number of rotatable bonds is 1. The van der Waals surface area contributed by atoms with Crippen molar-refractivity contribution in [2.24, 2.45) is 5.92 Å². The van der Waals surface area contributed by atoms with Gasteiger partial charge < -0.3 is 10.2 Å². The molecule has 1 N–H and O–H groups in total. The maximum Gasteiger partial charge on any atom is 0.321 e. The molecule has 0 spiro atoms. The summed E-state index contributed by atoms with van der Waals surface area (Å²) < 4.78 is 12.7. The van der Waals surface area contributed by atoms with Crippen LogP contribution in [0.25, 0.3) is 0 Å². The maximum absolute atomic E-state index is 12.7. The molecule has 0 aromatic heterocycles. The molecule has 96 valence electrons. The molecule has 5 heteroatoms. The van der Waals surface area contributed by atoms with E-state index < -0.39 is 0 Å². The molecular formula is C13H15FN2O2. The molecule has 4 nitrogen and oxygen atoms in total.